The predicted octanol–water partition coefficient (Wildman–Crippen LogP) is 0.973. The Bertz CT molecular complexity index is 673. The molecule has 2 N–H and O–H groups in total. The molecule has 2 atom stereocenters. The summed E-state index contributed by atoms with van der Waals surface area (Å²) in [5.74, 6) is -2.18. The van der Waals surface area contributed by atoms with Gasteiger partial charge in [0.1, 0.15) is 16.5 Å². The van der Waals surface area contributed by atoms with Crippen LogP contribution in [0.4, 0.5) is 4.39 Å². The van der Waals surface area contributed by atoms with Gasteiger partial charge in [0.15, 0.2) is 9.84 Å². The van der Waals surface area contributed by atoms with Gasteiger partial charge < -0.3 is 15.2 Å². The van der Waals surface area contributed by atoms with Gasteiger partial charge in [0.05, 0.1) is 13.0 Å². The monoisotopic (exact) mass is 317 g/mol. The van der Waals surface area contributed by atoms with E-state index in [1.807, 2.05) is 0 Å². The largest absolute Gasteiger partial charge is 0.495 e. The zero-order chi connectivity index (χ0) is 15.8. The Labute approximate surface area is 121 Å². The number of carbonyl (C=O) groups is 1. The Kier molecular flexibility index (Phi) is 4.20. The topological polar surface area (TPSA) is 92.7 Å². The second kappa shape index (κ2) is 5.61. The summed E-state index contributed by atoms with van der Waals surface area (Å²) in [5.41, 5.74) is 0.321. The number of nitrogens with one attached hydrogen (secondary N) is 1. The van der Waals surface area contributed by atoms with E-state index in [0.29, 0.717) is 5.56 Å². The van der Waals surface area contributed by atoms with Gasteiger partial charge in [0.25, 0.3) is 0 Å². The van der Waals surface area contributed by atoms with Crippen LogP contribution in [-0.4, -0.2) is 39.4 Å². The van der Waals surface area contributed by atoms with E-state index in [2.05, 4.69) is 5.32 Å². The maximum Gasteiger partial charge on any atom is 0.307 e. The Morgan fingerprint density at radius 1 is 1.48 bits per heavy atom. The fourth-order valence-electron chi connectivity index (χ4n) is 2.50. The molecule has 0 amide bonds. The Morgan fingerprint density at radius 2 is 2.14 bits per heavy atom. The lowest BCUT2D eigenvalue weighted by molar-refractivity contribution is -0.141. The van der Waals surface area contributed by atoms with E-state index in [1.165, 1.54) is 13.2 Å². The number of ether oxygens (including phenoxy) is 1. The van der Waals surface area contributed by atoms with E-state index in [1.54, 1.807) is 0 Å². The third kappa shape index (κ3) is 3.16. The van der Waals surface area contributed by atoms with Crippen molar-refractivity contribution in [3.63, 3.8) is 0 Å². The first-order valence-corrected chi connectivity index (χ1v) is 8.17. The summed E-state index contributed by atoms with van der Waals surface area (Å²) in [5, 5.41) is 12.0. The van der Waals surface area contributed by atoms with Crippen LogP contribution in [0.3, 0.4) is 0 Å². The highest BCUT2D eigenvalue weighted by Crippen LogP contribution is 2.37. The van der Waals surface area contributed by atoms with Gasteiger partial charge in [-0.2, -0.15) is 0 Å². The highest BCUT2D eigenvalue weighted by atomic mass is 32.2. The van der Waals surface area contributed by atoms with Gasteiger partial charge in [-0.15, -0.1) is 0 Å². The number of rotatable bonds is 4. The lowest BCUT2D eigenvalue weighted by atomic mass is 9.99. The molecule has 1 aliphatic heterocycles. The number of sulfone groups is 1. The summed E-state index contributed by atoms with van der Waals surface area (Å²) in [7, 11) is -2.36. The van der Waals surface area contributed by atoms with Crippen LogP contribution < -0.4 is 10.1 Å². The highest BCUT2D eigenvalue weighted by molar-refractivity contribution is 7.90. The van der Waals surface area contributed by atoms with E-state index < -0.39 is 33.6 Å². The minimum Gasteiger partial charge on any atom is -0.495 e. The Morgan fingerprint density at radius 3 is 2.62 bits per heavy atom. The number of hydrogen-bond acceptors (Lipinski definition) is 5. The summed E-state index contributed by atoms with van der Waals surface area (Å²) in [6, 6.07) is 1.62. The van der Waals surface area contributed by atoms with Crippen LogP contribution in [0.2, 0.25) is 0 Å². The molecule has 1 aromatic rings. The lowest BCUT2D eigenvalue weighted by Crippen LogP contribution is -2.18. The molecule has 8 heteroatoms. The van der Waals surface area contributed by atoms with Gasteiger partial charge in [-0.3, -0.25) is 4.79 Å². The maximum atomic E-state index is 13.7. The molecular weight excluding hydrogens is 301 g/mol. The van der Waals surface area contributed by atoms with Gasteiger partial charge in [-0.25, -0.2) is 12.8 Å². The van der Waals surface area contributed by atoms with E-state index in [-0.39, 0.29) is 23.6 Å². The third-order valence-electron chi connectivity index (χ3n) is 3.51. The van der Waals surface area contributed by atoms with E-state index in [9.17, 15) is 17.6 Å². The third-order valence-corrected chi connectivity index (χ3v) is 4.61. The first-order chi connectivity index (χ1) is 9.74. The molecule has 0 spiro atoms. The number of halogens is 1. The van der Waals surface area contributed by atoms with Crippen LogP contribution in [0.25, 0.3) is 0 Å². The summed E-state index contributed by atoms with van der Waals surface area (Å²) < 4.78 is 42.3. The van der Waals surface area contributed by atoms with Crippen molar-refractivity contribution >= 4 is 15.8 Å². The Hall–Kier alpha value is -1.67. The standard InChI is InChI=1S/C13H16FNO5S/c1-20-12-9(10-3-7(6-15-10)13(16)17)4-8(14)5-11(12)21(2,18)19/h4-5,7,10,15H,3,6H2,1-2H3,(H,16,17). The molecule has 0 bridgehead atoms. The average molecular weight is 317 g/mol. The minimum absolute atomic E-state index is 0.0578. The molecule has 1 heterocycles. The molecule has 6 nitrogen and oxygen atoms in total. The second-order valence-corrected chi connectivity index (χ2v) is 7.01. The van der Waals surface area contributed by atoms with Gasteiger partial charge in [-0.1, -0.05) is 0 Å². The fraction of sp³-hybridized carbons (Fsp3) is 0.462. The SMILES string of the molecule is COc1c(C2CC(C(=O)O)CN2)cc(F)cc1S(C)(=O)=O. The molecule has 0 aromatic heterocycles. The Balaban J connectivity index is 2.50. The molecule has 1 fully saturated rings. The number of carboxylic acid groups (broad SMARTS) is 1. The van der Waals surface area contributed by atoms with Crippen molar-refractivity contribution in [2.24, 2.45) is 5.92 Å². The molecule has 116 valence electrons. The smallest absolute Gasteiger partial charge is 0.307 e. The normalized spacial score (nSPS) is 22.2. The van der Waals surface area contributed by atoms with Gasteiger partial charge >= 0.3 is 5.97 Å². The molecule has 0 aliphatic carbocycles. The summed E-state index contributed by atoms with van der Waals surface area (Å²) in [4.78, 5) is 10.7. The number of hydrogen-bond donors (Lipinski definition) is 2. The van der Waals surface area contributed by atoms with Gasteiger partial charge in [-0.05, 0) is 18.6 Å². The molecule has 21 heavy (non-hydrogen) atoms. The summed E-state index contributed by atoms with van der Waals surface area (Å²) in [6.45, 7) is 0.244. The second-order valence-electron chi connectivity index (χ2n) is 5.03. The van der Waals surface area contributed by atoms with Crippen molar-refractivity contribution in [1.82, 2.24) is 5.32 Å². The van der Waals surface area contributed by atoms with Crippen molar-refractivity contribution < 1.29 is 27.4 Å². The van der Waals surface area contributed by atoms with Crippen LogP contribution in [0.15, 0.2) is 17.0 Å². The molecule has 2 rings (SSSR count). The maximum absolute atomic E-state index is 13.7. The van der Waals surface area contributed by atoms with Crippen molar-refractivity contribution in [3.8, 4) is 5.75 Å². The number of carboxylic acids is 1. The van der Waals surface area contributed by atoms with Crippen LogP contribution in [-0.2, 0) is 14.6 Å². The van der Waals surface area contributed by atoms with E-state index >= 15 is 0 Å². The van der Waals surface area contributed by atoms with Crippen molar-refractivity contribution in [1.29, 1.82) is 0 Å². The molecule has 1 aromatic carbocycles. The summed E-state index contributed by atoms with van der Waals surface area (Å²) >= 11 is 0. The molecule has 2 unspecified atom stereocenters. The van der Waals surface area contributed by atoms with E-state index in [4.69, 9.17) is 9.84 Å². The highest BCUT2D eigenvalue weighted by Gasteiger charge is 2.33. The number of benzene rings is 1. The van der Waals surface area contributed by atoms with Gasteiger partial charge in [0.2, 0.25) is 0 Å². The minimum atomic E-state index is -3.66. The first-order valence-electron chi connectivity index (χ1n) is 6.27. The first kappa shape index (κ1) is 15.7. The molecule has 0 saturated carbocycles. The lowest BCUT2D eigenvalue weighted by Gasteiger charge is -2.18. The van der Waals surface area contributed by atoms with Crippen molar-refractivity contribution in [2.75, 3.05) is 19.9 Å². The van der Waals surface area contributed by atoms with Crippen LogP contribution in [0.1, 0.15) is 18.0 Å². The fourth-order valence-corrected chi connectivity index (χ4v) is 3.37. The molecule has 1 saturated heterocycles. The molecule has 1 aliphatic rings. The van der Waals surface area contributed by atoms with Crippen LogP contribution in [0, 0.1) is 11.7 Å². The number of methoxy groups -OCH3 is 1. The zero-order valence-electron chi connectivity index (χ0n) is 11.6. The van der Waals surface area contributed by atoms with Gasteiger partial charge in [0, 0.05) is 24.4 Å². The van der Waals surface area contributed by atoms with Crippen molar-refractivity contribution in [2.45, 2.75) is 17.4 Å². The van der Waals surface area contributed by atoms with Crippen LogP contribution in [0.5, 0.6) is 5.75 Å². The van der Waals surface area contributed by atoms with E-state index in [0.717, 1.165) is 12.3 Å². The number of aliphatic carboxylic acids is 1. The predicted molar refractivity (Wildman–Crippen MR) is 72.5 cm³/mol. The zero-order valence-corrected chi connectivity index (χ0v) is 12.4. The van der Waals surface area contributed by atoms with Crippen LogP contribution >= 0.6 is 0 Å². The quantitative estimate of drug-likeness (QED) is 0.860. The molecular formula is C13H16FNO5S. The van der Waals surface area contributed by atoms with Crippen molar-refractivity contribution in [3.05, 3.63) is 23.5 Å². The summed E-state index contributed by atoms with van der Waals surface area (Å²) in [6.07, 6.45) is 1.22. The average Bonchev–Trinajstić information content (AvgIpc) is 2.86. The molecule has 0 radical (unpaired) electrons.